The van der Waals surface area contributed by atoms with Crippen molar-refractivity contribution in [3.8, 4) is 5.69 Å². The van der Waals surface area contributed by atoms with E-state index in [1.165, 1.54) is 4.90 Å². The van der Waals surface area contributed by atoms with Gasteiger partial charge in [0.1, 0.15) is 0 Å². The maximum Gasteiger partial charge on any atom is 0.328 e. The third-order valence-electron chi connectivity index (χ3n) is 3.56. The molecule has 2 heterocycles. The van der Waals surface area contributed by atoms with E-state index in [9.17, 15) is 14.7 Å². The van der Waals surface area contributed by atoms with Gasteiger partial charge in [-0.2, -0.15) is 5.10 Å². The van der Waals surface area contributed by atoms with Crippen molar-refractivity contribution in [3.05, 3.63) is 48.3 Å². The number of ether oxygens (including phenoxy) is 1. The van der Waals surface area contributed by atoms with Crippen LogP contribution >= 0.6 is 0 Å². The summed E-state index contributed by atoms with van der Waals surface area (Å²) in [5, 5.41) is 13.3. The highest BCUT2D eigenvalue weighted by molar-refractivity contribution is 5.96. The first-order chi connectivity index (χ1) is 10.7. The highest BCUT2D eigenvalue weighted by Crippen LogP contribution is 2.15. The molecule has 0 bridgehead atoms. The summed E-state index contributed by atoms with van der Waals surface area (Å²) >= 11 is 0. The predicted octanol–water partition coefficient (Wildman–Crippen LogP) is 0.798. The predicted molar refractivity (Wildman–Crippen MR) is 76.8 cm³/mol. The van der Waals surface area contributed by atoms with Crippen molar-refractivity contribution in [1.82, 2.24) is 14.7 Å². The van der Waals surface area contributed by atoms with Gasteiger partial charge < -0.3 is 14.7 Å². The van der Waals surface area contributed by atoms with Crippen molar-refractivity contribution in [2.75, 3.05) is 19.8 Å². The van der Waals surface area contributed by atoms with E-state index in [2.05, 4.69) is 5.10 Å². The third kappa shape index (κ3) is 2.71. The van der Waals surface area contributed by atoms with Crippen molar-refractivity contribution >= 4 is 11.9 Å². The smallest absolute Gasteiger partial charge is 0.328 e. The quantitative estimate of drug-likeness (QED) is 0.906. The monoisotopic (exact) mass is 301 g/mol. The number of amides is 1. The summed E-state index contributed by atoms with van der Waals surface area (Å²) in [5.74, 6) is -1.36. The topological polar surface area (TPSA) is 84.7 Å². The molecule has 22 heavy (non-hydrogen) atoms. The molecule has 0 unspecified atom stereocenters. The molecule has 1 fully saturated rings. The van der Waals surface area contributed by atoms with Gasteiger partial charge in [0, 0.05) is 24.5 Å². The molecule has 7 heteroatoms. The highest BCUT2D eigenvalue weighted by atomic mass is 16.5. The van der Waals surface area contributed by atoms with Gasteiger partial charge in [0.15, 0.2) is 6.04 Å². The number of carboxylic acid groups (broad SMARTS) is 1. The molecule has 114 valence electrons. The molecule has 1 saturated heterocycles. The molecule has 7 nitrogen and oxygen atoms in total. The molecular weight excluding hydrogens is 286 g/mol. The number of aromatic nitrogens is 2. The molecular formula is C15H15N3O4. The van der Waals surface area contributed by atoms with E-state index >= 15 is 0 Å². The van der Waals surface area contributed by atoms with Crippen LogP contribution in [0.15, 0.2) is 42.7 Å². The van der Waals surface area contributed by atoms with E-state index in [0.717, 1.165) is 5.69 Å². The van der Waals surface area contributed by atoms with Gasteiger partial charge >= 0.3 is 5.97 Å². The lowest BCUT2D eigenvalue weighted by Crippen LogP contribution is -2.52. The first-order valence-corrected chi connectivity index (χ1v) is 6.88. The molecule has 1 aromatic heterocycles. The summed E-state index contributed by atoms with van der Waals surface area (Å²) < 4.78 is 6.83. The van der Waals surface area contributed by atoms with E-state index in [1.54, 1.807) is 41.3 Å². The van der Waals surface area contributed by atoms with Crippen LogP contribution in [0.4, 0.5) is 0 Å². The van der Waals surface area contributed by atoms with Crippen LogP contribution < -0.4 is 0 Å². The van der Waals surface area contributed by atoms with E-state index in [1.807, 2.05) is 6.07 Å². The Hall–Kier alpha value is -2.67. The number of carbonyl (C=O) groups is 2. The summed E-state index contributed by atoms with van der Waals surface area (Å²) in [4.78, 5) is 25.1. The summed E-state index contributed by atoms with van der Waals surface area (Å²) in [7, 11) is 0. The third-order valence-corrected chi connectivity index (χ3v) is 3.56. The number of morpholine rings is 1. The number of benzene rings is 1. The van der Waals surface area contributed by atoms with Crippen LogP contribution in [0.5, 0.6) is 0 Å². The van der Waals surface area contributed by atoms with Gasteiger partial charge in [0.2, 0.25) is 0 Å². The average Bonchev–Trinajstić information content (AvgIpc) is 3.09. The van der Waals surface area contributed by atoms with E-state index < -0.39 is 12.0 Å². The lowest BCUT2D eigenvalue weighted by molar-refractivity contribution is -0.147. The number of hydrogen-bond acceptors (Lipinski definition) is 4. The molecule has 1 aromatic carbocycles. The van der Waals surface area contributed by atoms with Crippen LogP contribution in [0, 0.1) is 0 Å². The summed E-state index contributed by atoms with van der Waals surface area (Å²) in [6, 6.07) is 7.77. The molecule has 0 saturated carbocycles. The van der Waals surface area contributed by atoms with Crippen molar-refractivity contribution < 1.29 is 19.4 Å². The summed E-state index contributed by atoms with van der Waals surface area (Å²) in [6.45, 7) is 0.643. The number of hydrogen-bond donors (Lipinski definition) is 1. The van der Waals surface area contributed by atoms with Gasteiger partial charge in [0.25, 0.3) is 5.91 Å². The van der Waals surface area contributed by atoms with Crippen molar-refractivity contribution in [2.45, 2.75) is 6.04 Å². The van der Waals surface area contributed by atoms with Gasteiger partial charge in [0.05, 0.1) is 18.9 Å². The number of carboxylic acids is 1. The lowest BCUT2D eigenvalue weighted by atomic mass is 10.1. The Morgan fingerprint density at radius 1 is 1.27 bits per heavy atom. The molecule has 1 amide bonds. The van der Waals surface area contributed by atoms with E-state index in [4.69, 9.17) is 4.74 Å². The second-order valence-corrected chi connectivity index (χ2v) is 4.93. The van der Waals surface area contributed by atoms with Gasteiger partial charge in [-0.15, -0.1) is 0 Å². The molecule has 0 radical (unpaired) electrons. The van der Waals surface area contributed by atoms with Crippen LogP contribution in [0.2, 0.25) is 0 Å². The van der Waals surface area contributed by atoms with Crippen molar-refractivity contribution in [2.24, 2.45) is 0 Å². The van der Waals surface area contributed by atoms with Gasteiger partial charge in [-0.25, -0.2) is 9.48 Å². The normalized spacial score (nSPS) is 18.2. The zero-order valence-electron chi connectivity index (χ0n) is 11.8. The van der Waals surface area contributed by atoms with Gasteiger partial charge in [-0.3, -0.25) is 4.79 Å². The zero-order chi connectivity index (χ0) is 15.5. The Bertz CT molecular complexity index is 667. The number of nitrogens with zero attached hydrogens (tertiary/aromatic N) is 3. The summed E-state index contributed by atoms with van der Waals surface area (Å²) in [6.07, 6.45) is 3.48. The largest absolute Gasteiger partial charge is 0.480 e. The molecule has 1 aliphatic rings. The molecule has 0 aliphatic carbocycles. The van der Waals surface area contributed by atoms with Crippen LogP contribution in [-0.4, -0.2) is 57.5 Å². The minimum absolute atomic E-state index is 0.0203. The average molecular weight is 301 g/mol. The lowest BCUT2D eigenvalue weighted by Gasteiger charge is -2.32. The maximum atomic E-state index is 12.5. The number of carbonyl (C=O) groups excluding carboxylic acids is 1. The number of rotatable bonds is 3. The molecule has 0 spiro atoms. The molecule has 3 rings (SSSR count). The van der Waals surface area contributed by atoms with Crippen molar-refractivity contribution in [3.63, 3.8) is 0 Å². The highest BCUT2D eigenvalue weighted by Gasteiger charge is 2.33. The zero-order valence-corrected chi connectivity index (χ0v) is 11.8. The van der Waals surface area contributed by atoms with Crippen LogP contribution in [-0.2, 0) is 9.53 Å². The first-order valence-electron chi connectivity index (χ1n) is 6.88. The Morgan fingerprint density at radius 3 is 2.68 bits per heavy atom. The molecule has 2 aromatic rings. The number of aliphatic carboxylic acids is 1. The second-order valence-electron chi connectivity index (χ2n) is 4.93. The fourth-order valence-electron chi connectivity index (χ4n) is 2.40. The Morgan fingerprint density at radius 2 is 2.05 bits per heavy atom. The SMILES string of the molecule is O=C(O)[C@H]1COCCN1C(=O)c1ccc(-n2cccn2)cc1. The minimum Gasteiger partial charge on any atom is -0.480 e. The maximum absolute atomic E-state index is 12.5. The second kappa shape index (κ2) is 5.98. The fraction of sp³-hybridized carbons (Fsp3) is 0.267. The Kier molecular flexibility index (Phi) is 3.88. The van der Waals surface area contributed by atoms with Gasteiger partial charge in [-0.05, 0) is 30.3 Å². The Balaban J connectivity index is 1.81. The van der Waals surface area contributed by atoms with E-state index in [0.29, 0.717) is 12.2 Å². The fourth-order valence-corrected chi connectivity index (χ4v) is 2.40. The van der Waals surface area contributed by atoms with Crippen LogP contribution in [0.3, 0.4) is 0 Å². The summed E-state index contributed by atoms with van der Waals surface area (Å²) in [5.41, 5.74) is 1.28. The van der Waals surface area contributed by atoms with Crippen LogP contribution in [0.1, 0.15) is 10.4 Å². The molecule has 1 aliphatic heterocycles. The molecule has 1 atom stereocenters. The van der Waals surface area contributed by atoms with Gasteiger partial charge in [-0.1, -0.05) is 0 Å². The standard InChI is InChI=1S/C15H15N3O4/c19-14(17-8-9-22-10-13(17)15(20)21)11-2-4-12(5-3-11)18-7-1-6-16-18/h1-7,13H,8-10H2,(H,20,21)/t13-/m1/s1. The molecule has 1 N–H and O–H groups in total. The Labute approximate surface area is 126 Å². The van der Waals surface area contributed by atoms with E-state index in [-0.39, 0.29) is 19.1 Å². The first kappa shape index (κ1) is 14.3. The van der Waals surface area contributed by atoms with Crippen molar-refractivity contribution in [1.29, 1.82) is 0 Å². The van der Waals surface area contributed by atoms with Crippen LogP contribution in [0.25, 0.3) is 5.69 Å². The minimum atomic E-state index is -1.05.